The van der Waals surface area contributed by atoms with Gasteiger partial charge in [-0.25, -0.2) is 0 Å². The third-order valence-corrected chi connectivity index (χ3v) is 2.06. The third kappa shape index (κ3) is 4.56. The summed E-state index contributed by atoms with van der Waals surface area (Å²) in [4.78, 5) is 0. The Morgan fingerprint density at radius 1 is 1.73 bits per heavy atom. The quantitative estimate of drug-likeness (QED) is 0.757. The Morgan fingerprint density at radius 3 is 2.45 bits per heavy atom. The van der Waals surface area contributed by atoms with Gasteiger partial charge in [0.2, 0.25) is 0 Å². The molecule has 0 radical (unpaired) electrons. The van der Waals surface area contributed by atoms with Crippen LogP contribution in [0, 0.1) is 0 Å². The highest BCUT2D eigenvalue weighted by atomic mass is 79.9. The number of hydrogen-bond acceptors (Lipinski definition) is 2. The summed E-state index contributed by atoms with van der Waals surface area (Å²) in [6.07, 6.45) is -0.366. The Hall–Kier alpha value is 0.140. The van der Waals surface area contributed by atoms with Crippen molar-refractivity contribution in [1.82, 2.24) is 5.32 Å². The minimum atomic E-state index is -0.366. The first-order valence-corrected chi connectivity index (χ1v) is 4.42. The molecule has 0 aromatic rings. The molecule has 0 aromatic carbocycles. The van der Waals surface area contributed by atoms with Crippen LogP contribution in [0.2, 0.25) is 0 Å². The predicted molar refractivity (Wildman–Crippen MR) is 51.8 cm³/mol. The van der Waals surface area contributed by atoms with Gasteiger partial charge in [0.05, 0.1) is 6.10 Å². The highest BCUT2D eigenvalue weighted by Gasteiger charge is 2.22. The van der Waals surface area contributed by atoms with Gasteiger partial charge in [0.25, 0.3) is 0 Å². The second kappa shape index (κ2) is 4.24. The molecule has 0 bridgehead atoms. The monoisotopic (exact) mass is 221 g/mol. The van der Waals surface area contributed by atoms with Crippen LogP contribution in [0.25, 0.3) is 0 Å². The molecule has 0 heterocycles. The van der Waals surface area contributed by atoms with E-state index in [1.54, 1.807) is 6.92 Å². The van der Waals surface area contributed by atoms with Crippen molar-refractivity contribution in [2.45, 2.75) is 32.4 Å². The SMILES string of the molecule is C=C(Br)CNC(C)(C)C(C)O. The molecule has 0 aliphatic heterocycles. The zero-order valence-corrected chi connectivity index (χ0v) is 8.90. The van der Waals surface area contributed by atoms with E-state index in [0.717, 1.165) is 4.48 Å². The molecule has 0 aromatic heterocycles. The van der Waals surface area contributed by atoms with E-state index in [9.17, 15) is 5.11 Å². The third-order valence-electron chi connectivity index (χ3n) is 1.78. The average molecular weight is 222 g/mol. The summed E-state index contributed by atoms with van der Waals surface area (Å²) < 4.78 is 0.895. The maximum absolute atomic E-state index is 9.29. The van der Waals surface area contributed by atoms with Gasteiger partial charge < -0.3 is 10.4 Å². The molecular weight excluding hydrogens is 206 g/mol. The van der Waals surface area contributed by atoms with Crippen LogP contribution in [0.15, 0.2) is 11.1 Å². The molecule has 0 rings (SSSR count). The van der Waals surface area contributed by atoms with Gasteiger partial charge in [0.15, 0.2) is 0 Å². The van der Waals surface area contributed by atoms with E-state index in [-0.39, 0.29) is 11.6 Å². The van der Waals surface area contributed by atoms with Crippen molar-refractivity contribution in [2.75, 3.05) is 6.54 Å². The molecule has 0 aliphatic carbocycles. The molecule has 66 valence electrons. The first-order chi connectivity index (χ1) is 4.86. The van der Waals surface area contributed by atoms with Crippen LogP contribution in [0.3, 0.4) is 0 Å². The molecule has 1 atom stereocenters. The maximum Gasteiger partial charge on any atom is 0.0688 e. The fourth-order valence-electron chi connectivity index (χ4n) is 0.471. The predicted octanol–water partition coefficient (Wildman–Crippen LogP) is 1.64. The fraction of sp³-hybridized carbons (Fsp3) is 0.750. The molecule has 0 amide bonds. The van der Waals surface area contributed by atoms with Gasteiger partial charge in [-0.3, -0.25) is 0 Å². The number of aliphatic hydroxyl groups is 1. The van der Waals surface area contributed by atoms with E-state index >= 15 is 0 Å². The van der Waals surface area contributed by atoms with E-state index in [4.69, 9.17) is 0 Å². The summed E-state index contributed by atoms with van der Waals surface area (Å²) in [6, 6.07) is 0. The van der Waals surface area contributed by atoms with Crippen molar-refractivity contribution in [3.05, 3.63) is 11.1 Å². The number of halogens is 1. The first kappa shape index (κ1) is 11.1. The first-order valence-electron chi connectivity index (χ1n) is 3.62. The van der Waals surface area contributed by atoms with Gasteiger partial charge in [0, 0.05) is 16.6 Å². The molecule has 2 nitrogen and oxygen atoms in total. The van der Waals surface area contributed by atoms with Gasteiger partial charge in [-0.1, -0.05) is 22.5 Å². The molecule has 0 fully saturated rings. The highest BCUT2D eigenvalue weighted by Crippen LogP contribution is 2.09. The van der Waals surface area contributed by atoms with Crippen molar-refractivity contribution in [2.24, 2.45) is 0 Å². The molecule has 0 spiro atoms. The summed E-state index contributed by atoms with van der Waals surface area (Å²) in [5, 5.41) is 12.4. The Labute approximate surface area is 76.8 Å². The van der Waals surface area contributed by atoms with Crippen LogP contribution in [0.4, 0.5) is 0 Å². The topological polar surface area (TPSA) is 32.3 Å². The van der Waals surface area contributed by atoms with Crippen LogP contribution in [0.1, 0.15) is 20.8 Å². The van der Waals surface area contributed by atoms with E-state index in [1.807, 2.05) is 13.8 Å². The average Bonchev–Trinajstić information content (AvgIpc) is 1.84. The summed E-state index contributed by atoms with van der Waals surface area (Å²) >= 11 is 3.24. The normalized spacial score (nSPS) is 14.6. The van der Waals surface area contributed by atoms with Gasteiger partial charge in [0.1, 0.15) is 0 Å². The molecule has 3 heteroatoms. The highest BCUT2D eigenvalue weighted by molar-refractivity contribution is 9.11. The second-order valence-electron chi connectivity index (χ2n) is 3.27. The lowest BCUT2D eigenvalue weighted by atomic mass is 9.99. The van der Waals surface area contributed by atoms with Crippen LogP contribution >= 0.6 is 15.9 Å². The number of rotatable bonds is 4. The zero-order valence-electron chi connectivity index (χ0n) is 7.32. The summed E-state index contributed by atoms with van der Waals surface area (Å²) in [7, 11) is 0. The second-order valence-corrected chi connectivity index (χ2v) is 4.39. The molecule has 11 heavy (non-hydrogen) atoms. The molecular formula is C8H16BrNO. The maximum atomic E-state index is 9.29. The number of hydrogen-bond donors (Lipinski definition) is 2. The van der Waals surface area contributed by atoms with E-state index in [0.29, 0.717) is 6.54 Å². The minimum absolute atomic E-state index is 0.253. The smallest absolute Gasteiger partial charge is 0.0688 e. The van der Waals surface area contributed by atoms with E-state index in [2.05, 4.69) is 27.8 Å². The molecule has 0 saturated carbocycles. The van der Waals surface area contributed by atoms with Gasteiger partial charge in [-0.2, -0.15) is 0 Å². The molecule has 1 unspecified atom stereocenters. The lowest BCUT2D eigenvalue weighted by Gasteiger charge is -2.29. The number of nitrogens with one attached hydrogen (secondary N) is 1. The zero-order chi connectivity index (χ0) is 9.07. The number of aliphatic hydroxyl groups excluding tert-OH is 1. The lowest BCUT2D eigenvalue weighted by Crippen LogP contribution is -2.48. The summed E-state index contributed by atoms with van der Waals surface area (Å²) in [5.74, 6) is 0. The molecule has 2 N–H and O–H groups in total. The van der Waals surface area contributed by atoms with Crippen molar-refractivity contribution < 1.29 is 5.11 Å². The van der Waals surface area contributed by atoms with Crippen LogP contribution in [-0.4, -0.2) is 23.3 Å². The summed E-state index contributed by atoms with van der Waals surface area (Å²) in [6.45, 7) is 10.0. The van der Waals surface area contributed by atoms with Crippen molar-refractivity contribution in [3.8, 4) is 0 Å². The van der Waals surface area contributed by atoms with Gasteiger partial charge in [-0.15, -0.1) is 0 Å². The van der Waals surface area contributed by atoms with Gasteiger partial charge in [-0.05, 0) is 20.8 Å². The Balaban J connectivity index is 3.82. The van der Waals surface area contributed by atoms with Crippen LogP contribution in [0.5, 0.6) is 0 Å². The molecule has 0 saturated heterocycles. The Morgan fingerprint density at radius 2 is 2.18 bits per heavy atom. The van der Waals surface area contributed by atoms with E-state index in [1.165, 1.54) is 0 Å². The van der Waals surface area contributed by atoms with E-state index < -0.39 is 0 Å². The standard InChI is InChI=1S/C8H16BrNO/c1-6(9)5-10-8(3,4)7(2)11/h7,10-11H,1,5H2,2-4H3. The molecule has 0 aliphatic rings. The minimum Gasteiger partial charge on any atom is -0.392 e. The van der Waals surface area contributed by atoms with Gasteiger partial charge >= 0.3 is 0 Å². The summed E-state index contributed by atoms with van der Waals surface area (Å²) in [5.41, 5.74) is -0.253. The Bertz CT molecular complexity index is 143. The van der Waals surface area contributed by atoms with Crippen LogP contribution < -0.4 is 5.32 Å². The van der Waals surface area contributed by atoms with Crippen molar-refractivity contribution in [3.63, 3.8) is 0 Å². The van der Waals surface area contributed by atoms with Crippen LogP contribution in [-0.2, 0) is 0 Å². The lowest BCUT2D eigenvalue weighted by molar-refractivity contribution is 0.0993. The Kier molecular flexibility index (Phi) is 4.29. The largest absolute Gasteiger partial charge is 0.392 e. The fourth-order valence-corrected chi connectivity index (χ4v) is 0.612. The van der Waals surface area contributed by atoms with Crippen molar-refractivity contribution in [1.29, 1.82) is 0 Å². The van der Waals surface area contributed by atoms with Crippen molar-refractivity contribution >= 4 is 15.9 Å².